The highest BCUT2D eigenvalue weighted by Crippen LogP contribution is 2.41. The van der Waals surface area contributed by atoms with Gasteiger partial charge >= 0.3 is 0 Å². The number of amides is 1. The number of amidine groups is 1. The minimum atomic E-state index is -0.262. The topological polar surface area (TPSA) is 41.9 Å². The maximum Gasteiger partial charge on any atom is 0.271 e. The second-order valence-corrected chi connectivity index (χ2v) is 12.3. The zero-order valence-electron chi connectivity index (χ0n) is 21.7. The summed E-state index contributed by atoms with van der Waals surface area (Å²) in [4.78, 5) is 20.5. The Kier molecular flexibility index (Phi) is 9.24. The number of nitrogens with zero attached hydrogens (tertiary/aromatic N) is 2. The summed E-state index contributed by atoms with van der Waals surface area (Å²) < 4.78 is 5.89. The predicted octanol–water partition coefficient (Wildman–Crippen LogP) is 11.0. The number of halogens is 5. The number of carbonyl (C=O) groups excluding carboxylic acids is 1. The summed E-state index contributed by atoms with van der Waals surface area (Å²) in [5.74, 6) is 0.0902. The van der Waals surface area contributed by atoms with E-state index in [0.29, 0.717) is 57.9 Å². The van der Waals surface area contributed by atoms with Gasteiger partial charge in [-0.1, -0.05) is 82.3 Å². The maximum atomic E-state index is 13.7. The lowest BCUT2D eigenvalue weighted by Crippen LogP contribution is -2.28. The molecule has 0 radical (unpaired) electrons. The number of ether oxygens (including phenoxy) is 1. The Hall–Kier alpha value is -2.64. The Bertz CT molecular complexity index is 1700. The van der Waals surface area contributed by atoms with Gasteiger partial charge in [0.05, 0.1) is 26.3 Å². The molecule has 0 aliphatic carbocycles. The molecule has 1 saturated heterocycles. The van der Waals surface area contributed by atoms with E-state index in [1.807, 2.05) is 50.2 Å². The Morgan fingerprint density at radius 2 is 1.44 bits per heavy atom. The second kappa shape index (κ2) is 12.7. The van der Waals surface area contributed by atoms with E-state index < -0.39 is 0 Å². The van der Waals surface area contributed by atoms with Gasteiger partial charge < -0.3 is 4.74 Å². The summed E-state index contributed by atoms with van der Waals surface area (Å²) in [6, 6.07) is 21.6. The number of carbonyl (C=O) groups is 1. The smallest absolute Gasteiger partial charge is 0.271 e. The molecule has 0 unspecified atom stereocenters. The first-order valence-corrected chi connectivity index (χ1v) is 15.0. The van der Waals surface area contributed by atoms with Crippen molar-refractivity contribution in [1.29, 1.82) is 0 Å². The quantitative estimate of drug-likeness (QED) is 0.193. The van der Waals surface area contributed by atoms with Crippen LogP contribution in [0.5, 0.6) is 5.75 Å². The van der Waals surface area contributed by atoms with Crippen LogP contribution in [0.4, 0.5) is 11.4 Å². The molecular formula is C31H21Cl5N2O2S. The van der Waals surface area contributed by atoms with Crippen molar-refractivity contribution in [1.82, 2.24) is 0 Å². The molecule has 1 amide bonds. The fourth-order valence-corrected chi connectivity index (χ4v) is 6.04. The van der Waals surface area contributed by atoms with Crippen LogP contribution in [0.15, 0.2) is 82.7 Å². The molecule has 41 heavy (non-hydrogen) atoms. The van der Waals surface area contributed by atoms with Gasteiger partial charge in [-0.2, -0.15) is 0 Å². The standard InChI is InChI=1S/C31H21Cl5N2O2S/c1-17-3-9-22(14-24(17)33)37-31-38(23-10-4-18(2)25(34)15-23)30(39)28(41-31)13-20-11-26(35)29(27(36)12-20)40-16-19-5-7-21(32)8-6-19/h3-15H,16H2,1-2H3/b28-13+,37-31?. The third kappa shape index (κ3) is 6.89. The number of hydrogen-bond acceptors (Lipinski definition) is 4. The van der Waals surface area contributed by atoms with Gasteiger partial charge in [-0.15, -0.1) is 0 Å². The number of aliphatic imine (C=N–C) groups is 1. The first-order chi connectivity index (χ1) is 19.6. The maximum absolute atomic E-state index is 13.7. The zero-order valence-corrected chi connectivity index (χ0v) is 26.3. The highest BCUT2D eigenvalue weighted by atomic mass is 35.5. The first kappa shape index (κ1) is 29.8. The Morgan fingerprint density at radius 3 is 2.07 bits per heavy atom. The van der Waals surface area contributed by atoms with Crippen LogP contribution >= 0.6 is 69.8 Å². The second-order valence-electron chi connectivity index (χ2n) is 9.24. The van der Waals surface area contributed by atoms with Crippen molar-refractivity contribution in [3.8, 4) is 5.75 Å². The monoisotopic (exact) mass is 660 g/mol. The van der Waals surface area contributed by atoms with Gasteiger partial charge in [0.25, 0.3) is 5.91 Å². The number of anilines is 1. The highest BCUT2D eigenvalue weighted by molar-refractivity contribution is 8.19. The lowest BCUT2D eigenvalue weighted by atomic mass is 10.2. The van der Waals surface area contributed by atoms with Gasteiger partial charge in [-0.05, 0) is 102 Å². The molecule has 0 aromatic heterocycles. The molecule has 4 aromatic carbocycles. The van der Waals surface area contributed by atoms with E-state index in [1.165, 1.54) is 16.7 Å². The van der Waals surface area contributed by atoms with Crippen molar-refractivity contribution in [2.24, 2.45) is 4.99 Å². The third-order valence-corrected chi connectivity index (χ3v) is 8.81. The van der Waals surface area contributed by atoms with E-state index in [2.05, 4.69) is 0 Å². The number of benzene rings is 4. The van der Waals surface area contributed by atoms with Crippen molar-refractivity contribution in [2.75, 3.05) is 4.90 Å². The lowest BCUT2D eigenvalue weighted by Gasteiger charge is -2.16. The molecule has 0 bridgehead atoms. The number of rotatable bonds is 6. The van der Waals surface area contributed by atoms with Gasteiger partial charge in [0.1, 0.15) is 6.61 Å². The molecule has 0 N–H and O–H groups in total. The number of aryl methyl sites for hydroxylation is 2. The molecule has 1 fully saturated rings. The van der Waals surface area contributed by atoms with Gasteiger partial charge in [0.2, 0.25) is 0 Å². The van der Waals surface area contributed by atoms with Crippen LogP contribution in [0.25, 0.3) is 6.08 Å². The van der Waals surface area contributed by atoms with Crippen molar-refractivity contribution < 1.29 is 9.53 Å². The summed E-state index contributed by atoms with van der Waals surface area (Å²) in [5, 5.41) is 2.87. The van der Waals surface area contributed by atoms with E-state index >= 15 is 0 Å². The normalized spacial score (nSPS) is 15.3. The average Bonchev–Trinajstić information content (AvgIpc) is 3.22. The molecule has 4 nitrogen and oxygen atoms in total. The van der Waals surface area contributed by atoms with Crippen molar-refractivity contribution in [3.05, 3.63) is 125 Å². The van der Waals surface area contributed by atoms with Crippen LogP contribution in [-0.2, 0) is 11.4 Å². The predicted molar refractivity (Wildman–Crippen MR) is 175 cm³/mol. The molecule has 1 aliphatic rings. The summed E-state index contributed by atoms with van der Waals surface area (Å²) in [7, 11) is 0. The molecule has 1 heterocycles. The molecule has 0 saturated carbocycles. The van der Waals surface area contributed by atoms with Crippen molar-refractivity contribution in [3.63, 3.8) is 0 Å². The zero-order chi connectivity index (χ0) is 29.3. The molecule has 1 aliphatic heterocycles. The van der Waals surface area contributed by atoms with Gasteiger partial charge in [-0.25, -0.2) is 4.99 Å². The molecule has 0 spiro atoms. The van der Waals surface area contributed by atoms with Crippen LogP contribution < -0.4 is 9.64 Å². The van der Waals surface area contributed by atoms with Crippen LogP contribution in [0.2, 0.25) is 25.1 Å². The minimum absolute atomic E-state index is 0.262. The van der Waals surface area contributed by atoms with Crippen LogP contribution in [0.1, 0.15) is 22.3 Å². The largest absolute Gasteiger partial charge is 0.486 e. The molecule has 0 atom stereocenters. The van der Waals surface area contributed by atoms with Crippen LogP contribution in [-0.4, -0.2) is 11.1 Å². The van der Waals surface area contributed by atoms with Crippen LogP contribution in [0.3, 0.4) is 0 Å². The van der Waals surface area contributed by atoms with Crippen molar-refractivity contribution >= 4 is 98.3 Å². The van der Waals surface area contributed by atoms with E-state index in [0.717, 1.165) is 16.7 Å². The minimum Gasteiger partial charge on any atom is -0.486 e. The molecule has 5 rings (SSSR count). The third-order valence-electron chi connectivity index (χ3n) is 6.21. The average molecular weight is 663 g/mol. The first-order valence-electron chi connectivity index (χ1n) is 12.3. The number of thioether (sulfide) groups is 1. The lowest BCUT2D eigenvalue weighted by molar-refractivity contribution is -0.113. The van der Waals surface area contributed by atoms with Gasteiger partial charge in [0.15, 0.2) is 10.9 Å². The summed E-state index contributed by atoms with van der Waals surface area (Å²) in [5.41, 5.74) is 4.60. The van der Waals surface area contributed by atoms with Crippen molar-refractivity contribution in [2.45, 2.75) is 20.5 Å². The highest BCUT2D eigenvalue weighted by Gasteiger charge is 2.35. The van der Waals surface area contributed by atoms with Gasteiger partial charge in [-0.3, -0.25) is 9.69 Å². The summed E-state index contributed by atoms with van der Waals surface area (Å²) >= 11 is 33.0. The van der Waals surface area contributed by atoms with E-state index in [1.54, 1.807) is 42.5 Å². The Balaban J connectivity index is 1.47. The van der Waals surface area contributed by atoms with Crippen LogP contribution in [0, 0.1) is 13.8 Å². The van der Waals surface area contributed by atoms with Gasteiger partial charge in [0, 0.05) is 15.1 Å². The number of hydrogen-bond donors (Lipinski definition) is 0. The fraction of sp³-hybridized carbons (Fsp3) is 0.0968. The van der Waals surface area contributed by atoms with E-state index in [4.69, 9.17) is 67.7 Å². The fourth-order valence-electron chi connectivity index (χ4n) is 3.95. The molecule has 208 valence electrons. The molecular weight excluding hydrogens is 642 g/mol. The molecule has 4 aromatic rings. The van der Waals surface area contributed by atoms with E-state index in [-0.39, 0.29) is 12.5 Å². The Labute approximate surface area is 267 Å². The Morgan fingerprint density at radius 1 is 0.805 bits per heavy atom. The SMILES string of the molecule is Cc1ccc(N=C2S/C(=C/c3cc(Cl)c(OCc4ccc(Cl)cc4)c(Cl)c3)C(=O)N2c2ccc(C)c(Cl)c2)cc1Cl. The summed E-state index contributed by atoms with van der Waals surface area (Å²) in [6.07, 6.45) is 1.72. The molecule has 10 heteroatoms. The van der Waals surface area contributed by atoms with E-state index in [9.17, 15) is 4.79 Å². The summed E-state index contributed by atoms with van der Waals surface area (Å²) in [6.45, 7) is 4.08.